The molecule has 2 aromatic rings. The Morgan fingerprint density at radius 3 is 2.65 bits per heavy atom. The Hall–Kier alpha value is -1.34. The van der Waals surface area contributed by atoms with Gasteiger partial charge in [0, 0.05) is 4.47 Å². The van der Waals surface area contributed by atoms with E-state index in [0.29, 0.717) is 0 Å². The van der Waals surface area contributed by atoms with Gasteiger partial charge in [-0.1, -0.05) is 64.0 Å². The SMILES string of the molecule is Brc1ccc2c(c1)CC(Cc1ccccc1)=C2. The zero-order chi connectivity index (χ0) is 11.7. The van der Waals surface area contributed by atoms with Gasteiger partial charge in [-0.25, -0.2) is 0 Å². The number of fused-ring (bicyclic) bond motifs is 1. The van der Waals surface area contributed by atoms with Crippen molar-refractivity contribution in [3.63, 3.8) is 0 Å². The largest absolute Gasteiger partial charge is 0.0622 e. The summed E-state index contributed by atoms with van der Waals surface area (Å²) >= 11 is 3.53. The van der Waals surface area contributed by atoms with Gasteiger partial charge in [0.1, 0.15) is 0 Å². The zero-order valence-electron chi connectivity index (χ0n) is 9.49. The molecule has 0 fully saturated rings. The van der Waals surface area contributed by atoms with Crippen LogP contribution in [-0.2, 0) is 12.8 Å². The first-order valence-corrected chi connectivity index (χ1v) is 6.62. The lowest BCUT2D eigenvalue weighted by Crippen LogP contribution is -1.90. The number of allylic oxidation sites excluding steroid dienone is 1. The highest BCUT2D eigenvalue weighted by Gasteiger charge is 2.12. The molecule has 0 radical (unpaired) electrons. The van der Waals surface area contributed by atoms with Crippen LogP contribution in [0.2, 0.25) is 0 Å². The molecule has 0 saturated heterocycles. The van der Waals surface area contributed by atoms with Crippen LogP contribution in [0.15, 0.2) is 58.6 Å². The third-order valence-corrected chi connectivity index (χ3v) is 3.65. The van der Waals surface area contributed by atoms with Crippen molar-refractivity contribution in [1.29, 1.82) is 0 Å². The molecule has 0 atom stereocenters. The summed E-state index contributed by atoms with van der Waals surface area (Å²) in [6, 6.07) is 17.2. The highest BCUT2D eigenvalue weighted by molar-refractivity contribution is 9.10. The molecule has 1 aliphatic rings. The average molecular weight is 285 g/mol. The summed E-state index contributed by atoms with van der Waals surface area (Å²) in [5.74, 6) is 0. The Balaban J connectivity index is 1.82. The van der Waals surface area contributed by atoms with Crippen LogP contribution in [-0.4, -0.2) is 0 Å². The predicted molar refractivity (Wildman–Crippen MR) is 76.0 cm³/mol. The molecule has 0 aliphatic heterocycles. The summed E-state index contributed by atoms with van der Waals surface area (Å²) in [5, 5.41) is 0. The van der Waals surface area contributed by atoms with Gasteiger partial charge in [0.15, 0.2) is 0 Å². The lowest BCUT2D eigenvalue weighted by molar-refractivity contribution is 1.07. The van der Waals surface area contributed by atoms with Gasteiger partial charge in [-0.15, -0.1) is 0 Å². The lowest BCUT2D eigenvalue weighted by atomic mass is 10.0. The minimum Gasteiger partial charge on any atom is -0.0622 e. The van der Waals surface area contributed by atoms with Crippen LogP contribution in [0.25, 0.3) is 6.08 Å². The van der Waals surface area contributed by atoms with Crippen LogP contribution in [0.5, 0.6) is 0 Å². The second kappa shape index (κ2) is 4.50. The van der Waals surface area contributed by atoms with E-state index in [0.717, 1.165) is 12.8 Å². The summed E-state index contributed by atoms with van der Waals surface area (Å²) in [6.45, 7) is 0. The van der Waals surface area contributed by atoms with Crippen molar-refractivity contribution < 1.29 is 0 Å². The molecule has 0 aromatic heterocycles. The summed E-state index contributed by atoms with van der Waals surface area (Å²) in [4.78, 5) is 0. The minimum absolute atomic E-state index is 1.06. The summed E-state index contributed by atoms with van der Waals surface area (Å²) in [5.41, 5.74) is 5.71. The zero-order valence-corrected chi connectivity index (χ0v) is 11.1. The molecule has 84 valence electrons. The quantitative estimate of drug-likeness (QED) is 0.754. The highest BCUT2D eigenvalue weighted by Crippen LogP contribution is 2.29. The first-order chi connectivity index (χ1) is 8.31. The van der Waals surface area contributed by atoms with E-state index in [1.165, 1.54) is 26.7 Å². The topological polar surface area (TPSA) is 0 Å². The van der Waals surface area contributed by atoms with Crippen LogP contribution in [0.1, 0.15) is 16.7 Å². The highest BCUT2D eigenvalue weighted by atomic mass is 79.9. The molecular weight excluding hydrogens is 272 g/mol. The third-order valence-electron chi connectivity index (χ3n) is 3.16. The fourth-order valence-electron chi connectivity index (χ4n) is 2.36. The van der Waals surface area contributed by atoms with Gasteiger partial charge in [-0.2, -0.15) is 0 Å². The van der Waals surface area contributed by atoms with Crippen LogP contribution < -0.4 is 0 Å². The van der Waals surface area contributed by atoms with E-state index in [4.69, 9.17) is 0 Å². The Bertz CT molecular complexity index is 567. The van der Waals surface area contributed by atoms with E-state index in [-0.39, 0.29) is 0 Å². The van der Waals surface area contributed by atoms with E-state index in [1.807, 2.05) is 0 Å². The van der Waals surface area contributed by atoms with Gasteiger partial charge in [-0.05, 0) is 41.7 Å². The summed E-state index contributed by atoms with van der Waals surface area (Å²) < 4.78 is 1.17. The average Bonchev–Trinajstić information content (AvgIpc) is 2.71. The second-order valence-electron chi connectivity index (χ2n) is 4.48. The summed E-state index contributed by atoms with van der Waals surface area (Å²) in [7, 11) is 0. The molecule has 1 aliphatic carbocycles. The monoisotopic (exact) mass is 284 g/mol. The van der Waals surface area contributed by atoms with Crippen molar-refractivity contribution in [3.8, 4) is 0 Å². The van der Waals surface area contributed by atoms with Gasteiger partial charge in [-0.3, -0.25) is 0 Å². The van der Waals surface area contributed by atoms with E-state index in [9.17, 15) is 0 Å². The minimum atomic E-state index is 1.06. The van der Waals surface area contributed by atoms with Crippen molar-refractivity contribution in [2.45, 2.75) is 12.8 Å². The van der Waals surface area contributed by atoms with Crippen molar-refractivity contribution in [1.82, 2.24) is 0 Å². The van der Waals surface area contributed by atoms with Crippen LogP contribution in [0, 0.1) is 0 Å². The number of hydrogen-bond donors (Lipinski definition) is 0. The molecular formula is C16H13Br. The Morgan fingerprint density at radius 1 is 1.00 bits per heavy atom. The maximum Gasteiger partial charge on any atom is 0.0178 e. The van der Waals surface area contributed by atoms with Crippen molar-refractivity contribution in [2.75, 3.05) is 0 Å². The van der Waals surface area contributed by atoms with E-state index >= 15 is 0 Å². The van der Waals surface area contributed by atoms with Crippen LogP contribution in [0.4, 0.5) is 0 Å². The summed E-state index contributed by atoms with van der Waals surface area (Å²) in [6.07, 6.45) is 4.48. The molecule has 2 aromatic carbocycles. The smallest absolute Gasteiger partial charge is 0.0178 e. The Morgan fingerprint density at radius 2 is 1.82 bits per heavy atom. The number of halogens is 1. The van der Waals surface area contributed by atoms with E-state index in [2.05, 4.69) is 70.5 Å². The molecule has 1 heteroatoms. The second-order valence-corrected chi connectivity index (χ2v) is 5.40. The number of rotatable bonds is 2. The maximum atomic E-state index is 3.53. The van der Waals surface area contributed by atoms with Crippen LogP contribution in [0.3, 0.4) is 0 Å². The first kappa shape index (κ1) is 10.8. The Labute approximate surface area is 110 Å². The van der Waals surface area contributed by atoms with E-state index in [1.54, 1.807) is 0 Å². The molecule has 0 nitrogen and oxygen atoms in total. The fourth-order valence-corrected chi connectivity index (χ4v) is 2.76. The molecule has 0 spiro atoms. The predicted octanol–water partition coefficient (Wildman–Crippen LogP) is 4.63. The van der Waals surface area contributed by atoms with Crippen molar-refractivity contribution >= 4 is 22.0 Å². The maximum absolute atomic E-state index is 3.53. The van der Waals surface area contributed by atoms with Gasteiger partial charge in [0.25, 0.3) is 0 Å². The molecule has 0 heterocycles. The molecule has 0 unspecified atom stereocenters. The van der Waals surface area contributed by atoms with Crippen molar-refractivity contribution in [2.24, 2.45) is 0 Å². The van der Waals surface area contributed by atoms with Gasteiger partial charge in [0.05, 0.1) is 0 Å². The molecule has 0 N–H and O–H groups in total. The van der Waals surface area contributed by atoms with Crippen LogP contribution >= 0.6 is 15.9 Å². The fraction of sp³-hybridized carbons (Fsp3) is 0.125. The number of hydrogen-bond acceptors (Lipinski definition) is 0. The van der Waals surface area contributed by atoms with Gasteiger partial charge < -0.3 is 0 Å². The normalized spacial score (nSPS) is 13.4. The van der Waals surface area contributed by atoms with Gasteiger partial charge >= 0.3 is 0 Å². The van der Waals surface area contributed by atoms with Gasteiger partial charge in [0.2, 0.25) is 0 Å². The van der Waals surface area contributed by atoms with E-state index < -0.39 is 0 Å². The number of benzene rings is 2. The molecule has 0 bridgehead atoms. The molecule has 3 rings (SSSR count). The molecule has 0 saturated carbocycles. The molecule has 0 amide bonds. The molecule has 17 heavy (non-hydrogen) atoms. The third kappa shape index (κ3) is 2.34. The first-order valence-electron chi connectivity index (χ1n) is 5.83. The standard InChI is InChI=1S/C16H13Br/c17-16-7-6-14-9-13(10-15(14)11-16)8-12-4-2-1-3-5-12/h1-7,9,11H,8,10H2. The van der Waals surface area contributed by atoms with Crippen molar-refractivity contribution in [3.05, 3.63) is 75.3 Å². The lowest BCUT2D eigenvalue weighted by Gasteiger charge is -2.02. The Kier molecular flexibility index (Phi) is 2.86.